The Bertz CT molecular complexity index is 1490. The number of aryl methyl sites for hydroxylation is 3. The van der Waals surface area contributed by atoms with Crippen LogP contribution in [0.4, 0.5) is 5.69 Å². The number of benzene rings is 3. The van der Waals surface area contributed by atoms with Crippen molar-refractivity contribution in [2.75, 3.05) is 24.5 Å². The van der Waals surface area contributed by atoms with Crippen LogP contribution in [0, 0.1) is 26.7 Å². The molecular formula is C31H35N3O5S. The first-order chi connectivity index (χ1) is 19.1. The summed E-state index contributed by atoms with van der Waals surface area (Å²) < 4.78 is 34.6. The van der Waals surface area contributed by atoms with Crippen LogP contribution in [0.15, 0.2) is 71.6 Å². The Morgan fingerprint density at radius 2 is 1.55 bits per heavy atom. The molecule has 1 fully saturated rings. The number of anilines is 1. The molecule has 2 amide bonds. The predicted octanol–water partition coefficient (Wildman–Crippen LogP) is 4.12. The predicted molar refractivity (Wildman–Crippen MR) is 154 cm³/mol. The molecule has 2 aliphatic heterocycles. The maximum absolute atomic E-state index is 13.8. The van der Waals surface area contributed by atoms with Gasteiger partial charge >= 0.3 is 0 Å². The lowest BCUT2D eigenvalue weighted by molar-refractivity contribution is -0.129. The molecule has 5 rings (SSSR count). The van der Waals surface area contributed by atoms with Crippen LogP contribution < -0.4 is 15.0 Å². The molecule has 0 bridgehead atoms. The molecule has 3 aromatic carbocycles. The van der Waals surface area contributed by atoms with E-state index in [1.807, 2.05) is 81.4 Å². The van der Waals surface area contributed by atoms with E-state index in [1.165, 1.54) is 4.31 Å². The second-order valence-corrected chi connectivity index (χ2v) is 12.5. The summed E-state index contributed by atoms with van der Waals surface area (Å²) in [6.07, 6.45) is -0.0331. The fraction of sp³-hybridized carbons (Fsp3) is 0.355. The lowest BCUT2D eigenvalue weighted by atomic mass is 9.95. The van der Waals surface area contributed by atoms with Gasteiger partial charge in [0.1, 0.15) is 5.75 Å². The van der Waals surface area contributed by atoms with Gasteiger partial charge in [-0.1, -0.05) is 60.2 Å². The van der Waals surface area contributed by atoms with Crippen molar-refractivity contribution in [3.8, 4) is 5.75 Å². The molecule has 210 valence electrons. The topological polar surface area (TPSA) is 96.0 Å². The summed E-state index contributed by atoms with van der Waals surface area (Å²) in [5, 5.41) is 2.91. The molecule has 40 heavy (non-hydrogen) atoms. The zero-order valence-electron chi connectivity index (χ0n) is 23.1. The average molecular weight is 562 g/mol. The number of fused-ring (bicyclic) bond motifs is 1. The zero-order valence-corrected chi connectivity index (χ0v) is 23.9. The van der Waals surface area contributed by atoms with Crippen LogP contribution in [0.25, 0.3) is 0 Å². The number of hydrogen-bond donors (Lipinski definition) is 1. The van der Waals surface area contributed by atoms with Crippen molar-refractivity contribution in [3.63, 3.8) is 0 Å². The molecule has 1 N–H and O–H groups in total. The quantitative estimate of drug-likeness (QED) is 0.489. The molecule has 0 saturated carbocycles. The van der Waals surface area contributed by atoms with Crippen molar-refractivity contribution in [2.45, 2.75) is 51.2 Å². The maximum Gasteiger partial charge on any atom is 0.263 e. The molecule has 0 unspecified atom stereocenters. The first kappa shape index (κ1) is 27.9. The average Bonchev–Trinajstić information content (AvgIpc) is 2.95. The van der Waals surface area contributed by atoms with Crippen LogP contribution in [0.2, 0.25) is 0 Å². The Kier molecular flexibility index (Phi) is 7.96. The van der Waals surface area contributed by atoms with Crippen LogP contribution in [-0.4, -0.2) is 50.3 Å². The zero-order chi connectivity index (χ0) is 28.4. The van der Waals surface area contributed by atoms with E-state index in [0.29, 0.717) is 35.7 Å². The number of carbonyl (C=O) groups excluding carboxylic acids is 2. The molecule has 0 radical (unpaired) electrons. The Labute approximate surface area is 236 Å². The van der Waals surface area contributed by atoms with E-state index in [-0.39, 0.29) is 37.4 Å². The summed E-state index contributed by atoms with van der Waals surface area (Å²) in [5.74, 6) is -0.282. The van der Waals surface area contributed by atoms with E-state index in [2.05, 4.69) is 5.32 Å². The fourth-order valence-corrected chi connectivity index (χ4v) is 7.63. The first-order valence-electron chi connectivity index (χ1n) is 13.6. The molecule has 2 aliphatic rings. The monoisotopic (exact) mass is 561 g/mol. The normalized spacial score (nSPS) is 18.1. The summed E-state index contributed by atoms with van der Waals surface area (Å²) >= 11 is 0. The standard InChI is InChI=1S/C31H35N3O5S/c1-21-17-22(2)29(23(3)18-21)40(37,38)33-15-13-25(14-16-33)31(36)34-20-28(39-27-12-8-7-11-26(27)34)30(35)32-19-24-9-5-4-6-10-24/h4-12,17-18,25,28H,13-16,19-20H2,1-3H3,(H,32,35)/t28-/m1/s1. The van der Waals surface area contributed by atoms with Gasteiger partial charge < -0.3 is 15.0 Å². The Hall–Kier alpha value is -3.69. The van der Waals surface area contributed by atoms with Gasteiger partial charge in [-0.25, -0.2) is 8.42 Å². The van der Waals surface area contributed by atoms with Gasteiger partial charge in [-0.2, -0.15) is 4.31 Å². The number of sulfonamides is 1. The number of rotatable bonds is 6. The molecule has 8 nitrogen and oxygen atoms in total. The van der Waals surface area contributed by atoms with Gasteiger partial charge in [-0.3, -0.25) is 9.59 Å². The Morgan fingerprint density at radius 1 is 0.925 bits per heavy atom. The van der Waals surface area contributed by atoms with Gasteiger partial charge in [0.25, 0.3) is 5.91 Å². The van der Waals surface area contributed by atoms with E-state index in [9.17, 15) is 18.0 Å². The van der Waals surface area contributed by atoms with Gasteiger partial charge in [0.05, 0.1) is 17.1 Å². The van der Waals surface area contributed by atoms with Crippen LogP contribution in [0.1, 0.15) is 35.1 Å². The fourth-order valence-electron chi connectivity index (χ4n) is 5.74. The van der Waals surface area contributed by atoms with Crippen LogP contribution >= 0.6 is 0 Å². The third-order valence-electron chi connectivity index (χ3n) is 7.65. The second kappa shape index (κ2) is 11.4. The van der Waals surface area contributed by atoms with Gasteiger partial charge in [-0.15, -0.1) is 0 Å². The minimum absolute atomic E-state index is 0.0940. The van der Waals surface area contributed by atoms with Crippen molar-refractivity contribution in [2.24, 2.45) is 5.92 Å². The molecular weight excluding hydrogens is 526 g/mol. The highest BCUT2D eigenvalue weighted by Crippen LogP contribution is 2.36. The van der Waals surface area contributed by atoms with Crippen LogP contribution in [0.3, 0.4) is 0 Å². The highest BCUT2D eigenvalue weighted by atomic mass is 32.2. The SMILES string of the molecule is Cc1cc(C)c(S(=O)(=O)N2CCC(C(=O)N3C[C@H](C(=O)NCc4ccccc4)Oc4ccccc43)CC2)c(C)c1. The molecule has 2 heterocycles. The van der Waals surface area contributed by atoms with E-state index in [1.54, 1.807) is 11.0 Å². The molecule has 3 aromatic rings. The van der Waals surface area contributed by atoms with Crippen molar-refractivity contribution in [3.05, 3.63) is 89.0 Å². The number of amides is 2. The number of para-hydroxylation sites is 2. The third-order valence-corrected chi connectivity index (χ3v) is 9.85. The third kappa shape index (κ3) is 5.62. The lowest BCUT2D eigenvalue weighted by Crippen LogP contribution is -2.53. The lowest BCUT2D eigenvalue weighted by Gasteiger charge is -2.38. The number of nitrogens with one attached hydrogen (secondary N) is 1. The highest BCUT2D eigenvalue weighted by molar-refractivity contribution is 7.89. The minimum Gasteiger partial charge on any atom is -0.477 e. The molecule has 0 aromatic heterocycles. The van der Waals surface area contributed by atoms with E-state index >= 15 is 0 Å². The van der Waals surface area contributed by atoms with Gasteiger partial charge in [-0.05, 0) is 62.4 Å². The van der Waals surface area contributed by atoms with E-state index < -0.39 is 16.1 Å². The Morgan fingerprint density at radius 3 is 2.23 bits per heavy atom. The van der Waals surface area contributed by atoms with E-state index in [4.69, 9.17) is 4.74 Å². The highest BCUT2D eigenvalue weighted by Gasteiger charge is 2.39. The smallest absolute Gasteiger partial charge is 0.263 e. The van der Waals surface area contributed by atoms with Gasteiger partial charge in [0.15, 0.2) is 6.10 Å². The number of ether oxygens (including phenoxy) is 1. The molecule has 1 saturated heterocycles. The minimum atomic E-state index is -3.68. The van der Waals surface area contributed by atoms with E-state index in [0.717, 1.165) is 22.3 Å². The van der Waals surface area contributed by atoms with Crippen LogP contribution in [0.5, 0.6) is 5.75 Å². The molecule has 0 aliphatic carbocycles. The first-order valence-corrected chi connectivity index (χ1v) is 15.1. The summed E-state index contributed by atoms with van der Waals surface area (Å²) in [5.41, 5.74) is 4.09. The molecule has 0 spiro atoms. The van der Waals surface area contributed by atoms with Gasteiger partial charge in [0, 0.05) is 25.6 Å². The molecule has 9 heteroatoms. The van der Waals surface area contributed by atoms with Crippen molar-refractivity contribution in [1.29, 1.82) is 0 Å². The summed E-state index contributed by atoms with van der Waals surface area (Å²) in [6.45, 7) is 6.58. The van der Waals surface area contributed by atoms with Crippen molar-refractivity contribution in [1.82, 2.24) is 9.62 Å². The number of carbonyl (C=O) groups is 2. The summed E-state index contributed by atoms with van der Waals surface area (Å²) in [6, 6.07) is 20.6. The number of nitrogens with zero attached hydrogens (tertiary/aromatic N) is 2. The molecule has 1 atom stereocenters. The second-order valence-electron chi connectivity index (χ2n) is 10.6. The maximum atomic E-state index is 13.8. The Balaban J connectivity index is 1.28. The van der Waals surface area contributed by atoms with Crippen LogP contribution in [-0.2, 0) is 26.2 Å². The van der Waals surface area contributed by atoms with Crippen molar-refractivity contribution < 1.29 is 22.7 Å². The summed E-state index contributed by atoms with van der Waals surface area (Å²) in [4.78, 5) is 28.8. The number of piperidine rings is 1. The summed E-state index contributed by atoms with van der Waals surface area (Å²) in [7, 11) is -3.68. The number of hydrogen-bond acceptors (Lipinski definition) is 5. The van der Waals surface area contributed by atoms with Gasteiger partial charge in [0.2, 0.25) is 15.9 Å². The van der Waals surface area contributed by atoms with Crippen molar-refractivity contribution >= 4 is 27.5 Å². The largest absolute Gasteiger partial charge is 0.477 e.